The van der Waals surface area contributed by atoms with Crippen LogP contribution < -0.4 is 19.8 Å². The highest BCUT2D eigenvalue weighted by Gasteiger charge is 2.42. The summed E-state index contributed by atoms with van der Waals surface area (Å²) in [4.78, 5) is 43.3. The summed E-state index contributed by atoms with van der Waals surface area (Å²) in [5, 5.41) is 1.18. The van der Waals surface area contributed by atoms with Crippen LogP contribution in [0.15, 0.2) is 34.7 Å². The van der Waals surface area contributed by atoms with Crippen molar-refractivity contribution in [3.8, 4) is 11.5 Å². The Morgan fingerprint density at radius 3 is 2.53 bits per heavy atom. The first kappa shape index (κ1) is 30.5. The van der Waals surface area contributed by atoms with Gasteiger partial charge in [0.2, 0.25) is 0 Å². The largest absolute Gasteiger partial charge is 0.542 e. The van der Waals surface area contributed by atoms with Crippen molar-refractivity contribution in [2.24, 2.45) is 5.73 Å². The molecular weight excluding hydrogens is 590 g/mol. The second-order valence-corrected chi connectivity index (χ2v) is 17.4. The SMILES string of the molecule is COC(=O)c1c(C)[nH]c2c(O[Si](C)(C)C(C)(C)C)cc3c(c12)[C@H](CCl)CN3C(=O)c1cc2cc(OCC(N)=O)ccc2o1. The number of primary amides is 1. The fourth-order valence-electron chi connectivity index (χ4n) is 5.22. The van der Waals surface area contributed by atoms with Crippen LogP contribution in [0.5, 0.6) is 11.5 Å². The lowest BCUT2D eigenvalue weighted by molar-refractivity contribution is -0.119. The number of furan rings is 1. The van der Waals surface area contributed by atoms with Crippen LogP contribution in [0.1, 0.15) is 58.9 Å². The van der Waals surface area contributed by atoms with Crippen molar-refractivity contribution in [3.63, 3.8) is 0 Å². The first-order chi connectivity index (χ1) is 20.2. The molecular formula is C31H36ClN3O7Si. The number of amides is 2. The minimum atomic E-state index is -2.34. The molecule has 2 amide bonds. The Labute approximate surface area is 255 Å². The number of rotatable bonds is 8. The zero-order chi connectivity index (χ0) is 31.4. The monoisotopic (exact) mass is 625 g/mol. The maximum atomic E-state index is 14.1. The minimum Gasteiger partial charge on any atom is -0.542 e. The standard InChI is InChI=1S/C31H36ClN3O7Si/c1-16-25(30(38)39-5)27-26-18(13-32)14-35(20(26)12-22(28(27)34-16)42-43(6,7)31(2,3)4)29(37)23-11-17-10-19(40-15-24(33)36)8-9-21(17)41-23/h8-12,18,34H,13-15H2,1-7H3,(H2,33,36)/t18-/m1/s1. The molecule has 1 aliphatic rings. The fourth-order valence-corrected chi connectivity index (χ4v) is 6.48. The predicted molar refractivity (Wildman–Crippen MR) is 168 cm³/mol. The second-order valence-electron chi connectivity index (χ2n) is 12.4. The van der Waals surface area contributed by atoms with E-state index in [0.29, 0.717) is 50.3 Å². The summed E-state index contributed by atoms with van der Waals surface area (Å²) in [5.74, 6) is -0.381. The topological polar surface area (TPSA) is 137 Å². The van der Waals surface area contributed by atoms with Crippen LogP contribution in [0, 0.1) is 6.92 Å². The molecule has 0 unspecified atom stereocenters. The number of aromatic amines is 1. The van der Waals surface area contributed by atoms with E-state index < -0.39 is 20.2 Å². The van der Waals surface area contributed by atoms with E-state index in [4.69, 9.17) is 35.7 Å². The van der Waals surface area contributed by atoms with E-state index >= 15 is 0 Å². The Morgan fingerprint density at radius 1 is 1.19 bits per heavy atom. The molecule has 0 fully saturated rings. The van der Waals surface area contributed by atoms with E-state index in [0.717, 1.165) is 5.56 Å². The minimum absolute atomic E-state index is 0.104. The maximum absolute atomic E-state index is 14.1. The lowest BCUT2D eigenvalue weighted by atomic mass is 9.95. The number of hydrogen-bond acceptors (Lipinski definition) is 7. The van der Waals surface area contributed by atoms with Crippen LogP contribution in [-0.4, -0.2) is 57.2 Å². The van der Waals surface area contributed by atoms with Crippen molar-refractivity contribution in [2.75, 3.05) is 31.0 Å². The Kier molecular flexibility index (Phi) is 7.76. The van der Waals surface area contributed by atoms with E-state index in [9.17, 15) is 14.4 Å². The van der Waals surface area contributed by atoms with Gasteiger partial charge in [-0.05, 0) is 54.9 Å². The van der Waals surface area contributed by atoms with E-state index in [2.05, 4.69) is 38.8 Å². The molecule has 12 heteroatoms. The first-order valence-corrected chi connectivity index (χ1v) is 17.4. The van der Waals surface area contributed by atoms with Gasteiger partial charge in [0.1, 0.15) is 17.1 Å². The summed E-state index contributed by atoms with van der Waals surface area (Å²) in [5.41, 5.74) is 8.77. The van der Waals surface area contributed by atoms with E-state index in [1.165, 1.54) is 7.11 Å². The van der Waals surface area contributed by atoms with Crippen LogP contribution in [0.3, 0.4) is 0 Å². The number of carbonyl (C=O) groups excluding carboxylic acids is 3. The molecule has 1 atom stereocenters. The molecule has 3 heterocycles. The molecule has 0 saturated carbocycles. The van der Waals surface area contributed by atoms with E-state index in [1.807, 2.05) is 13.0 Å². The number of benzene rings is 2. The van der Waals surface area contributed by atoms with Gasteiger partial charge in [0.15, 0.2) is 12.4 Å². The van der Waals surface area contributed by atoms with Crippen molar-refractivity contribution in [1.82, 2.24) is 4.98 Å². The van der Waals surface area contributed by atoms with Gasteiger partial charge < -0.3 is 33.9 Å². The number of anilines is 1. The number of halogens is 1. The number of H-pyrrole nitrogens is 1. The van der Waals surface area contributed by atoms with Crippen LogP contribution in [0.2, 0.25) is 18.1 Å². The number of nitrogens with two attached hydrogens (primary N) is 1. The predicted octanol–water partition coefficient (Wildman–Crippen LogP) is 6.24. The number of nitrogens with one attached hydrogen (secondary N) is 1. The van der Waals surface area contributed by atoms with Gasteiger partial charge in [0.05, 0.1) is 23.9 Å². The van der Waals surface area contributed by atoms with Crippen molar-refractivity contribution in [2.45, 2.75) is 51.7 Å². The van der Waals surface area contributed by atoms with Crippen molar-refractivity contribution in [3.05, 3.63) is 52.9 Å². The van der Waals surface area contributed by atoms with E-state index in [-0.39, 0.29) is 41.7 Å². The lowest BCUT2D eigenvalue weighted by Crippen LogP contribution is -2.44. The van der Waals surface area contributed by atoms with Gasteiger partial charge in [-0.1, -0.05) is 20.8 Å². The van der Waals surface area contributed by atoms with Gasteiger partial charge in [-0.25, -0.2) is 4.79 Å². The number of aryl methyl sites for hydroxylation is 1. The molecule has 2 aromatic carbocycles. The highest BCUT2D eigenvalue weighted by molar-refractivity contribution is 6.74. The van der Waals surface area contributed by atoms with Gasteiger partial charge >= 0.3 is 5.97 Å². The summed E-state index contributed by atoms with van der Waals surface area (Å²) in [6.07, 6.45) is 0. The van der Waals surface area contributed by atoms with Crippen molar-refractivity contribution >= 4 is 65.3 Å². The number of alkyl halides is 1. The molecule has 1 aliphatic heterocycles. The number of esters is 1. The van der Waals surface area contributed by atoms with Gasteiger partial charge in [0.25, 0.3) is 20.1 Å². The van der Waals surface area contributed by atoms with Gasteiger partial charge in [-0.3, -0.25) is 9.59 Å². The number of hydrogen-bond donors (Lipinski definition) is 2. The first-order valence-electron chi connectivity index (χ1n) is 14.0. The Bertz CT molecular complexity index is 1770. The molecule has 0 saturated heterocycles. The third kappa shape index (κ3) is 5.36. The zero-order valence-electron chi connectivity index (χ0n) is 25.3. The van der Waals surface area contributed by atoms with Crippen LogP contribution in [0.4, 0.5) is 5.69 Å². The molecule has 4 aromatic rings. The lowest BCUT2D eigenvalue weighted by Gasteiger charge is -2.36. The second kappa shape index (κ2) is 10.9. The molecule has 2 aromatic heterocycles. The molecule has 0 spiro atoms. The average Bonchev–Trinajstić information content (AvgIpc) is 3.62. The Hall–Kier alpha value is -3.96. The molecule has 10 nitrogen and oxygen atoms in total. The van der Waals surface area contributed by atoms with Gasteiger partial charge in [-0.2, -0.15) is 0 Å². The number of methoxy groups -OCH3 is 1. The molecule has 0 radical (unpaired) electrons. The van der Waals surface area contributed by atoms with Crippen LogP contribution >= 0.6 is 11.6 Å². The number of carbonyl (C=O) groups is 3. The molecule has 0 bridgehead atoms. The number of nitrogens with zero attached hydrogens (tertiary/aromatic N) is 1. The molecule has 43 heavy (non-hydrogen) atoms. The summed E-state index contributed by atoms with van der Waals surface area (Å²) in [6, 6.07) is 8.49. The van der Waals surface area contributed by atoms with Crippen LogP contribution in [0.25, 0.3) is 21.9 Å². The Balaban J connectivity index is 1.66. The summed E-state index contributed by atoms with van der Waals surface area (Å²) in [6.45, 7) is 12.6. The third-order valence-corrected chi connectivity index (χ3v) is 13.1. The third-order valence-electron chi connectivity index (χ3n) is 8.42. The quantitative estimate of drug-likeness (QED) is 0.134. The van der Waals surface area contributed by atoms with Crippen LogP contribution in [-0.2, 0) is 9.53 Å². The fraction of sp³-hybridized carbons (Fsp3) is 0.387. The van der Waals surface area contributed by atoms with E-state index in [1.54, 1.807) is 29.2 Å². The van der Waals surface area contributed by atoms with Crippen molar-refractivity contribution in [1.29, 1.82) is 0 Å². The zero-order valence-corrected chi connectivity index (χ0v) is 27.1. The Morgan fingerprint density at radius 2 is 1.91 bits per heavy atom. The normalized spacial score (nSPS) is 15.2. The van der Waals surface area contributed by atoms with Gasteiger partial charge in [-0.15, -0.1) is 11.6 Å². The van der Waals surface area contributed by atoms with Gasteiger partial charge in [0, 0.05) is 40.9 Å². The number of ether oxygens (including phenoxy) is 2. The maximum Gasteiger partial charge on any atom is 0.340 e. The summed E-state index contributed by atoms with van der Waals surface area (Å²) >= 11 is 6.51. The highest BCUT2D eigenvalue weighted by Crippen LogP contribution is 2.49. The molecule has 5 rings (SSSR count). The highest BCUT2D eigenvalue weighted by atomic mass is 35.5. The molecule has 228 valence electrons. The number of aromatic nitrogens is 1. The average molecular weight is 626 g/mol. The number of fused-ring (bicyclic) bond motifs is 4. The molecule has 0 aliphatic carbocycles. The molecule has 3 N–H and O–H groups in total. The summed E-state index contributed by atoms with van der Waals surface area (Å²) < 4.78 is 23.3. The van der Waals surface area contributed by atoms with Crippen molar-refractivity contribution < 1.29 is 32.7 Å². The summed E-state index contributed by atoms with van der Waals surface area (Å²) in [7, 11) is -1.000. The smallest absolute Gasteiger partial charge is 0.340 e.